The van der Waals surface area contributed by atoms with Crippen LogP contribution in [-0.4, -0.2) is 28.3 Å². The maximum atomic E-state index is 10.6. The van der Waals surface area contributed by atoms with Crippen molar-refractivity contribution in [2.75, 3.05) is 0 Å². The zero-order valence-electron chi connectivity index (χ0n) is 10.8. The van der Waals surface area contributed by atoms with Crippen molar-refractivity contribution in [3.8, 4) is 6.01 Å². The van der Waals surface area contributed by atoms with E-state index in [9.17, 15) is 4.79 Å². The standard InChI is InChI=1S/C13H18N4O2/c14-12(18)19-13-15-8-7-11(17-13)9-16-10-5-3-1-2-4-6-10/h7-10H,1-6H2,(H2,14,18). The van der Waals surface area contributed by atoms with Crippen LogP contribution in [0.4, 0.5) is 4.79 Å². The van der Waals surface area contributed by atoms with E-state index in [2.05, 4.69) is 19.7 Å². The first-order valence-corrected chi connectivity index (χ1v) is 6.57. The van der Waals surface area contributed by atoms with Gasteiger partial charge in [0.1, 0.15) is 0 Å². The van der Waals surface area contributed by atoms with Gasteiger partial charge in [-0.15, -0.1) is 0 Å². The number of nitrogens with zero attached hydrogens (tertiary/aromatic N) is 3. The van der Waals surface area contributed by atoms with E-state index >= 15 is 0 Å². The summed E-state index contributed by atoms with van der Waals surface area (Å²) in [4.78, 5) is 23.0. The van der Waals surface area contributed by atoms with Gasteiger partial charge in [0.2, 0.25) is 0 Å². The molecule has 0 unspecified atom stereocenters. The molecule has 0 aromatic carbocycles. The summed E-state index contributed by atoms with van der Waals surface area (Å²) in [5.41, 5.74) is 5.53. The molecule has 6 nitrogen and oxygen atoms in total. The Balaban J connectivity index is 1.99. The summed E-state index contributed by atoms with van der Waals surface area (Å²) in [7, 11) is 0. The molecular weight excluding hydrogens is 244 g/mol. The molecule has 1 heterocycles. The fourth-order valence-corrected chi connectivity index (χ4v) is 2.15. The predicted molar refractivity (Wildman–Crippen MR) is 71.3 cm³/mol. The number of amides is 1. The largest absolute Gasteiger partial charge is 0.412 e. The number of hydrogen-bond acceptors (Lipinski definition) is 5. The van der Waals surface area contributed by atoms with Gasteiger partial charge in [-0.1, -0.05) is 25.7 Å². The Bertz CT molecular complexity index is 454. The molecule has 1 aromatic rings. The van der Waals surface area contributed by atoms with Gasteiger partial charge in [-0.2, -0.15) is 4.98 Å². The smallest absolute Gasteiger partial charge is 0.374 e. The maximum absolute atomic E-state index is 10.6. The second-order valence-corrected chi connectivity index (χ2v) is 4.61. The zero-order valence-corrected chi connectivity index (χ0v) is 10.8. The van der Waals surface area contributed by atoms with Crippen molar-refractivity contribution in [1.29, 1.82) is 0 Å². The third-order valence-electron chi connectivity index (χ3n) is 3.09. The number of rotatable bonds is 3. The Hall–Kier alpha value is -1.98. The van der Waals surface area contributed by atoms with E-state index < -0.39 is 6.09 Å². The van der Waals surface area contributed by atoms with E-state index in [1.165, 1.54) is 31.9 Å². The molecule has 19 heavy (non-hydrogen) atoms. The molecule has 0 atom stereocenters. The van der Waals surface area contributed by atoms with Crippen molar-refractivity contribution in [2.24, 2.45) is 10.7 Å². The maximum Gasteiger partial charge on any atom is 0.412 e. The van der Waals surface area contributed by atoms with Crippen molar-refractivity contribution in [2.45, 2.75) is 44.6 Å². The average molecular weight is 262 g/mol. The molecule has 2 rings (SSSR count). The molecule has 1 amide bonds. The highest BCUT2D eigenvalue weighted by molar-refractivity contribution is 5.77. The van der Waals surface area contributed by atoms with Crippen LogP contribution in [0.2, 0.25) is 0 Å². The number of nitrogens with two attached hydrogens (primary N) is 1. The van der Waals surface area contributed by atoms with E-state index in [4.69, 9.17) is 5.73 Å². The van der Waals surface area contributed by atoms with E-state index in [0.717, 1.165) is 12.8 Å². The van der Waals surface area contributed by atoms with Crippen molar-refractivity contribution in [3.05, 3.63) is 18.0 Å². The Morgan fingerprint density at radius 2 is 2.11 bits per heavy atom. The minimum absolute atomic E-state index is 0.0442. The molecule has 0 aliphatic heterocycles. The monoisotopic (exact) mass is 262 g/mol. The Labute approximate surface area is 112 Å². The molecule has 1 saturated carbocycles. The third-order valence-corrected chi connectivity index (χ3v) is 3.09. The van der Waals surface area contributed by atoms with Gasteiger partial charge < -0.3 is 10.5 Å². The number of ether oxygens (including phenoxy) is 1. The molecule has 2 N–H and O–H groups in total. The lowest BCUT2D eigenvalue weighted by Gasteiger charge is -2.07. The summed E-state index contributed by atoms with van der Waals surface area (Å²) in [5, 5.41) is 0. The molecule has 0 radical (unpaired) electrons. The van der Waals surface area contributed by atoms with Gasteiger partial charge >= 0.3 is 12.1 Å². The number of primary amides is 1. The first kappa shape index (κ1) is 13.5. The molecule has 102 valence electrons. The topological polar surface area (TPSA) is 90.5 Å². The van der Waals surface area contributed by atoms with Gasteiger partial charge in [0, 0.05) is 12.4 Å². The van der Waals surface area contributed by atoms with Gasteiger partial charge in [0.25, 0.3) is 0 Å². The minimum atomic E-state index is -0.919. The summed E-state index contributed by atoms with van der Waals surface area (Å²) >= 11 is 0. The predicted octanol–water partition coefficient (Wildman–Crippen LogP) is 2.08. The van der Waals surface area contributed by atoms with Crippen LogP contribution in [0.3, 0.4) is 0 Å². The van der Waals surface area contributed by atoms with Crippen LogP contribution in [0.1, 0.15) is 44.2 Å². The van der Waals surface area contributed by atoms with Crippen molar-refractivity contribution in [1.82, 2.24) is 9.97 Å². The second-order valence-electron chi connectivity index (χ2n) is 4.61. The Morgan fingerprint density at radius 1 is 1.37 bits per heavy atom. The number of hydrogen-bond donors (Lipinski definition) is 1. The van der Waals surface area contributed by atoms with Gasteiger partial charge in [-0.25, -0.2) is 9.78 Å². The Kier molecular flexibility index (Phi) is 4.83. The fraction of sp³-hybridized carbons (Fsp3) is 0.538. The van der Waals surface area contributed by atoms with Crippen molar-refractivity contribution in [3.63, 3.8) is 0 Å². The lowest BCUT2D eigenvalue weighted by atomic mass is 10.1. The molecule has 0 saturated heterocycles. The number of aliphatic imine (C=N–C) groups is 1. The average Bonchev–Trinajstić information content (AvgIpc) is 2.64. The molecule has 1 aromatic heterocycles. The van der Waals surface area contributed by atoms with Crippen LogP contribution in [0.25, 0.3) is 0 Å². The lowest BCUT2D eigenvalue weighted by molar-refractivity contribution is 0.207. The van der Waals surface area contributed by atoms with Gasteiger partial charge in [0.15, 0.2) is 0 Å². The summed E-state index contributed by atoms with van der Waals surface area (Å²) in [6.07, 6.45) is 9.65. The summed E-state index contributed by atoms with van der Waals surface area (Å²) in [6, 6.07) is 2.05. The van der Waals surface area contributed by atoms with Crippen LogP contribution < -0.4 is 10.5 Å². The summed E-state index contributed by atoms with van der Waals surface area (Å²) < 4.78 is 4.62. The lowest BCUT2D eigenvalue weighted by Crippen LogP contribution is -2.18. The van der Waals surface area contributed by atoms with Crippen LogP contribution in [0.5, 0.6) is 6.01 Å². The summed E-state index contributed by atoms with van der Waals surface area (Å²) in [5.74, 6) is 0. The first-order chi connectivity index (χ1) is 9.24. The molecule has 1 aliphatic rings. The van der Waals surface area contributed by atoms with Crippen LogP contribution in [0, 0.1) is 0 Å². The van der Waals surface area contributed by atoms with Crippen LogP contribution >= 0.6 is 0 Å². The molecule has 0 spiro atoms. The number of carbonyl (C=O) groups is 1. The zero-order chi connectivity index (χ0) is 13.5. The van der Waals surface area contributed by atoms with Crippen LogP contribution in [0.15, 0.2) is 17.3 Å². The van der Waals surface area contributed by atoms with Crippen molar-refractivity contribution < 1.29 is 9.53 Å². The highest BCUT2D eigenvalue weighted by atomic mass is 16.6. The van der Waals surface area contributed by atoms with Crippen molar-refractivity contribution >= 4 is 12.3 Å². The quantitative estimate of drug-likeness (QED) is 0.667. The highest BCUT2D eigenvalue weighted by Gasteiger charge is 2.10. The Morgan fingerprint density at radius 3 is 2.79 bits per heavy atom. The van der Waals surface area contributed by atoms with E-state index in [1.807, 2.05) is 0 Å². The van der Waals surface area contributed by atoms with Crippen LogP contribution in [-0.2, 0) is 0 Å². The second kappa shape index (κ2) is 6.82. The normalized spacial score (nSPS) is 17.3. The number of aromatic nitrogens is 2. The van der Waals surface area contributed by atoms with E-state index in [1.54, 1.807) is 12.3 Å². The molecular formula is C13H18N4O2. The SMILES string of the molecule is NC(=O)Oc1nccc(C=NC2CCCCCC2)n1. The van der Waals surface area contributed by atoms with Gasteiger partial charge in [-0.3, -0.25) is 4.99 Å². The minimum Gasteiger partial charge on any atom is -0.374 e. The first-order valence-electron chi connectivity index (χ1n) is 6.57. The summed E-state index contributed by atoms with van der Waals surface area (Å²) in [6.45, 7) is 0. The van der Waals surface area contributed by atoms with Gasteiger partial charge in [-0.05, 0) is 18.9 Å². The van der Waals surface area contributed by atoms with E-state index in [-0.39, 0.29) is 6.01 Å². The molecule has 6 heteroatoms. The highest BCUT2D eigenvalue weighted by Crippen LogP contribution is 2.19. The molecule has 0 bridgehead atoms. The molecule has 1 aliphatic carbocycles. The fourth-order valence-electron chi connectivity index (χ4n) is 2.15. The van der Waals surface area contributed by atoms with E-state index in [0.29, 0.717) is 11.7 Å². The van der Waals surface area contributed by atoms with Gasteiger partial charge in [0.05, 0.1) is 11.7 Å². The third kappa shape index (κ3) is 4.65. The number of carbonyl (C=O) groups excluding carboxylic acids is 1. The molecule has 1 fully saturated rings.